The van der Waals surface area contributed by atoms with Crippen LogP contribution in [0.4, 0.5) is 17.6 Å². The number of halogens is 4. The van der Waals surface area contributed by atoms with E-state index in [1.807, 2.05) is 0 Å². The van der Waals surface area contributed by atoms with Gasteiger partial charge in [-0.1, -0.05) is 18.2 Å². The van der Waals surface area contributed by atoms with Crippen molar-refractivity contribution in [2.45, 2.75) is 56.7 Å². The maximum atomic E-state index is 15.7. The maximum absolute atomic E-state index is 15.7. The Kier molecular flexibility index (Phi) is 6.39. The van der Waals surface area contributed by atoms with Crippen molar-refractivity contribution in [3.8, 4) is 11.1 Å². The van der Waals surface area contributed by atoms with Crippen LogP contribution in [0, 0.1) is 28.8 Å². The first-order valence-electron chi connectivity index (χ1n) is 12.2. The molecule has 2 saturated carbocycles. The summed E-state index contributed by atoms with van der Waals surface area (Å²) in [6.07, 6.45) is 2.39. The van der Waals surface area contributed by atoms with E-state index >= 15 is 4.39 Å². The van der Waals surface area contributed by atoms with E-state index in [0.717, 1.165) is 12.1 Å². The van der Waals surface area contributed by atoms with Crippen LogP contribution < -0.4 is 4.72 Å². The molecule has 1 spiro atoms. The number of carbonyl (C=O) groups excluding carboxylic acids is 1. The molecule has 1 amide bonds. The fourth-order valence-corrected chi connectivity index (χ4v) is 6.51. The van der Waals surface area contributed by atoms with Gasteiger partial charge in [-0.15, -0.1) is 0 Å². The predicted molar refractivity (Wildman–Crippen MR) is 128 cm³/mol. The standard InChI is InChI=1S/C26H28F4N2O4S/c1-25(34,17-5-6-17)24(33)32-13-26(7-8-26)23(31-37(35,36)14-27)21(32)11-15-3-2-4-20(22(15)30)16-9-18(28)12-19(29)10-16/h2-4,9-10,12,17,21,23,31,34H,5-8,11,13-14H2,1H3. The van der Waals surface area contributed by atoms with E-state index in [4.69, 9.17) is 0 Å². The quantitative estimate of drug-likeness (QED) is 0.501. The molecule has 1 aliphatic heterocycles. The molecule has 37 heavy (non-hydrogen) atoms. The number of rotatable bonds is 8. The van der Waals surface area contributed by atoms with Gasteiger partial charge in [0.1, 0.15) is 23.1 Å². The smallest absolute Gasteiger partial charge is 0.254 e. The van der Waals surface area contributed by atoms with Gasteiger partial charge in [0.05, 0.1) is 6.04 Å². The summed E-state index contributed by atoms with van der Waals surface area (Å²) >= 11 is 0. The second-order valence-corrected chi connectivity index (χ2v) is 12.4. The lowest BCUT2D eigenvalue weighted by molar-refractivity contribution is -0.153. The van der Waals surface area contributed by atoms with Crippen LogP contribution in [0.2, 0.25) is 0 Å². The van der Waals surface area contributed by atoms with Crippen molar-refractivity contribution >= 4 is 15.9 Å². The summed E-state index contributed by atoms with van der Waals surface area (Å²) in [7, 11) is -4.31. The van der Waals surface area contributed by atoms with Crippen LogP contribution in [-0.4, -0.2) is 54.6 Å². The molecule has 2 aromatic rings. The normalized spacial score (nSPS) is 24.3. The molecule has 2 aliphatic carbocycles. The topological polar surface area (TPSA) is 86.7 Å². The summed E-state index contributed by atoms with van der Waals surface area (Å²) < 4.78 is 83.5. The number of amides is 1. The number of hydrogen-bond acceptors (Lipinski definition) is 4. The molecule has 0 aromatic heterocycles. The van der Waals surface area contributed by atoms with Gasteiger partial charge in [0.15, 0.2) is 0 Å². The van der Waals surface area contributed by atoms with E-state index in [1.165, 1.54) is 30.0 Å². The molecule has 11 heteroatoms. The van der Waals surface area contributed by atoms with Crippen molar-refractivity contribution in [1.29, 1.82) is 0 Å². The molecular weight excluding hydrogens is 512 g/mol. The molecule has 2 N–H and O–H groups in total. The van der Waals surface area contributed by atoms with E-state index in [1.54, 1.807) is 0 Å². The Morgan fingerprint density at radius 3 is 2.38 bits per heavy atom. The molecule has 3 aliphatic rings. The summed E-state index contributed by atoms with van der Waals surface area (Å²) in [5.74, 6) is -3.30. The number of hydrogen-bond donors (Lipinski definition) is 2. The first-order chi connectivity index (χ1) is 17.4. The molecule has 5 rings (SSSR count). The summed E-state index contributed by atoms with van der Waals surface area (Å²) in [6, 6.07) is 3.57. The lowest BCUT2D eigenvalue weighted by Crippen LogP contribution is -2.54. The molecular formula is C26H28F4N2O4S. The van der Waals surface area contributed by atoms with E-state index in [-0.39, 0.29) is 35.6 Å². The lowest BCUT2D eigenvalue weighted by atomic mass is 9.91. The van der Waals surface area contributed by atoms with Gasteiger partial charge >= 0.3 is 0 Å². The number of sulfonamides is 1. The zero-order valence-electron chi connectivity index (χ0n) is 20.2. The van der Waals surface area contributed by atoms with Crippen molar-refractivity contribution in [2.24, 2.45) is 11.3 Å². The third-order valence-corrected chi connectivity index (χ3v) is 8.92. The lowest BCUT2D eigenvalue weighted by Gasteiger charge is -2.34. The SMILES string of the molecule is CC(O)(C(=O)N1CC2(CC2)C(NS(=O)(=O)CF)C1Cc1cccc(-c2cc(F)cc(F)c2)c1F)C1CC1. The highest BCUT2D eigenvalue weighted by Gasteiger charge is 2.63. The Labute approximate surface area is 212 Å². The second-order valence-electron chi connectivity index (χ2n) is 10.7. The number of alkyl halides is 1. The number of nitrogens with one attached hydrogen (secondary N) is 1. The first kappa shape index (κ1) is 26.1. The number of carbonyl (C=O) groups is 1. The Balaban J connectivity index is 1.54. The van der Waals surface area contributed by atoms with Crippen molar-refractivity contribution in [1.82, 2.24) is 9.62 Å². The fourth-order valence-electron chi connectivity index (χ4n) is 5.66. The minimum atomic E-state index is -4.31. The van der Waals surface area contributed by atoms with Gasteiger partial charge in [0, 0.05) is 29.6 Å². The number of benzene rings is 2. The molecule has 0 radical (unpaired) electrons. The molecule has 2 aromatic carbocycles. The van der Waals surface area contributed by atoms with Crippen LogP contribution in [-0.2, 0) is 21.2 Å². The minimum Gasteiger partial charge on any atom is -0.380 e. The molecule has 0 bridgehead atoms. The van der Waals surface area contributed by atoms with Crippen LogP contribution in [0.15, 0.2) is 36.4 Å². The van der Waals surface area contributed by atoms with Gasteiger partial charge in [-0.25, -0.2) is 30.7 Å². The summed E-state index contributed by atoms with van der Waals surface area (Å²) in [5, 5.41) is 11.0. The largest absolute Gasteiger partial charge is 0.380 e. The highest BCUT2D eigenvalue weighted by Crippen LogP contribution is 2.56. The zero-order valence-corrected chi connectivity index (χ0v) is 21.0. The molecule has 3 unspecified atom stereocenters. The molecule has 1 saturated heterocycles. The van der Waals surface area contributed by atoms with E-state index < -0.39 is 62.5 Å². The Morgan fingerprint density at radius 1 is 1.16 bits per heavy atom. The molecule has 200 valence electrons. The van der Waals surface area contributed by atoms with Crippen molar-refractivity contribution in [3.63, 3.8) is 0 Å². The Hall–Kier alpha value is -2.50. The van der Waals surface area contributed by atoms with E-state index in [0.29, 0.717) is 31.7 Å². The second kappa shape index (κ2) is 9.06. The number of aliphatic hydroxyl groups is 1. The van der Waals surface area contributed by atoms with Gasteiger partial charge < -0.3 is 10.0 Å². The minimum absolute atomic E-state index is 0.0128. The molecule has 3 fully saturated rings. The van der Waals surface area contributed by atoms with Crippen LogP contribution in [0.1, 0.15) is 38.2 Å². The Bertz CT molecular complexity index is 1320. The summed E-state index contributed by atoms with van der Waals surface area (Å²) in [4.78, 5) is 14.9. The zero-order chi connectivity index (χ0) is 26.8. The van der Waals surface area contributed by atoms with Gasteiger partial charge in [-0.3, -0.25) is 4.79 Å². The molecule has 6 nitrogen and oxygen atoms in total. The van der Waals surface area contributed by atoms with Gasteiger partial charge in [-0.05, 0) is 68.2 Å². The predicted octanol–water partition coefficient (Wildman–Crippen LogP) is 3.68. The van der Waals surface area contributed by atoms with Crippen LogP contribution in [0.3, 0.4) is 0 Å². The third kappa shape index (κ3) is 4.88. The first-order valence-corrected chi connectivity index (χ1v) is 13.9. The average Bonchev–Trinajstić information content (AvgIpc) is 3.74. The monoisotopic (exact) mass is 540 g/mol. The van der Waals surface area contributed by atoms with Crippen molar-refractivity contribution < 1.29 is 35.9 Å². The van der Waals surface area contributed by atoms with Gasteiger partial charge in [0.25, 0.3) is 5.91 Å². The molecule has 1 heterocycles. The van der Waals surface area contributed by atoms with Crippen molar-refractivity contribution in [3.05, 3.63) is 59.4 Å². The Morgan fingerprint density at radius 2 is 1.81 bits per heavy atom. The summed E-state index contributed by atoms with van der Waals surface area (Å²) in [6.45, 7) is 1.58. The van der Waals surface area contributed by atoms with Crippen molar-refractivity contribution in [2.75, 3.05) is 12.6 Å². The van der Waals surface area contributed by atoms with Gasteiger partial charge in [0.2, 0.25) is 16.0 Å². The number of nitrogens with zero attached hydrogens (tertiary/aromatic N) is 1. The molecule has 3 atom stereocenters. The number of likely N-dealkylation sites (tertiary alicyclic amines) is 1. The third-order valence-electron chi connectivity index (χ3n) is 8.02. The van der Waals surface area contributed by atoms with Crippen LogP contribution in [0.5, 0.6) is 0 Å². The average molecular weight is 541 g/mol. The van der Waals surface area contributed by atoms with E-state index in [9.17, 15) is 31.5 Å². The fraction of sp³-hybridized carbons (Fsp3) is 0.500. The van der Waals surface area contributed by atoms with Crippen LogP contribution in [0.25, 0.3) is 11.1 Å². The van der Waals surface area contributed by atoms with E-state index in [2.05, 4.69) is 4.72 Å². The highest BCUT2D eigenvalue weighted by atomic mass is 32.2. The van der Waals surface area contributed by atoms with Crippen LogP contribution >= 0.6 is 0 Å². The summed E-state index contributed by atoms with van der Waals surface area (Å²) in [5.41, 5.74) is -2.28. The maximum Gasteiger partial charge on any atom is 0.254 e. The van der Waals surface area contributed by atoms with Gasteiger partial charge in [-0.2, -0.15) is 0 Å². The highest BCUT2D eigenvalue weighted by molar-refractivity contribution is 7.89.